The molecule has 140 valence electrons. The maximum Gasteiger partial charge on any atom is 0.255 e. The summed E-state index contributed by atoms with van der Waals surface area (Å²) < 4.78 is 31.9. The summed E-state index contributed by atoms with van der Waals surface area (Å²) in [6, 6.07) is 6.71. The SMILES string of the molecule is CCS(=O)(=O)Nc1ccccc1C(=O)N1CCC(OCCCN)CC1. The molecule has 0 aromatic heterocycles. The minimum absolute atomic E-state index is 0.0406. The number of nitrogens with one attached hydrogen (secondary N) is 1. The van der Waals surface area contributed by atoms with Gasteiger partial charge in [-0.25, -0.2) is 8.42 Å². The largest absolute Gasteiger partial charge is 0.378 e. The van der Waals surface area contributed by atoms with Crippen LogP contribution in [0.4, 0.5) is 5.69 Å². The molecule has 0 spiro atoms. The van der Waals surface area contributed by atoms with Gasteiger partial charge >= 0.3 is 0 Å². The number of carbonyl (C=O) groups is 1. The molecule has 25 heavy (non-hydrogen) atoms. The lowest BCUT2D eigenvalue weighted by Gasteiger charge is -2.32. The van der Waals surface area contributed by atoms with Gasteiger partial charge in [0.05, 0.1) is 23.1 Å². The molecule has 2 rings (SSSR count). The lowest BCUT2D eigenvalue weighted by molar-refractivity contribution is 0.00848. The van der Waals surface area contributed by atoms with Crippen molar-refractivity contribution in [1.82, 2.24) is 4.90 Å². The van der Waals surface area contributed by atoms with Crippen molar-refractivity contribution in [2.75, 3.05) is 36.7 Å². The molecule has 1 aromatic rings. The smallest absolute Gasteiger partial charge is 0.255 e. The van der Waals surface area contributed by atoms with Gasteiger partial charge in [-0.15, -0.1) is 0 Å². The minimum atomic E-state index is -3.43. The van der Waals surface area contributed by atoms with E-state index in [9.17, 15) is 13.2 Å². The van der Waals surface area contributed by atoms with Crippen LogP contribution in [0.5, 0.6) is 0 Å². The van der Waals surface area contributed by atoms with Crippen LogP contribution in [0, 0.1) is 0 Å². The first-order chi connectivity index (χ1) is 12.0. The van der Waals surface area contributed by atoms with Gasteiger partial charge in [0, 0.05) is 19.7 Å². The number of hydrogen-bond acceptors (Lipinski definition) is 5. The fraction of sp³-hybridized carbons (Fsp3) is 0.588. The second kappa shape index (κ2) is 9.17. The third-order valence-electron chi connectivity index (χ3n) is 4.23. The fourth-order valence-corrected chi connectivity index (χ4v) is 3.38. The minimum Gasteiger partial charge on any atom is -0.378 e. The van der Waals surface area contributed by atoms with E-state index in [0.29, 0.717) is 37.5 Å². The van der Waals surface area contributed by atoms with E-state index in [1.165, 1.54) is 0 Å². The van der Waals surface area contributed by atoms with Crippen LogP contribution >= 0.6 is 0 Å². The lowest BCUT2D eigenvalue weighted by atomic mass is 10.1. The molecule has 1 aliphatic rings. The molecule has 3 N–H and O–H groups in total. The molecule has 0 saturated carbocycles. The number of anilines is 1. The van der Waals surface area contributed by atoms with Crippen LogP contribution in [0.15, 0.2) is 24.3 Å². The molecular formula is C17H27N3O4S. The molecule has 0 radical (unpaired) electrons. The van der Waals surface area contributed by atoms with Crippen LogP contribution in [-0.4, -0.2) is 57.3 Å². The van der Waals surface area contributed by atoms with E-state index in [1.54, 1.807) is 36.1 Å². The van der Waals surface area contributed by atoms with E-state index < -0.39 is 10.0 Å². The molecule has 7 nitrogen and oxygen atoms in total. The van der Waals surface area contributed by atoms with Crippen LogP contribution in [0.1, 0.15) is 36.5 Å². The summed E-state index contributed by atoms with van der Waals surface area (Å²) in [4.78, 5) is 14.5. The monoisotopic (exact) mass is 369 g/mol. The number of benzene rings is 1. The highest BCUT2D eigenvalue weighted by Gasteiger charge is 2.26. The molecule has 1 heterocycles. The Morgan fingerprint density at radius 3 is 2.64 bits per heavy atom. The number of sulfonamides is 1. The van der Waals surface area contributed by atoms with E-state index in [-0.39, 0.29) is 17.8 Å². The van der Waals surface area contributed by atoms with Crippen molar-refractivity contribution in [3.05, 3.63) is 29.8 Å². The van der Waals surface area contributed by atoms with Gasteiger partial charge in [-0.05, 0) is 44.9 Å². The highest BCUT2D eigenvalue weighted by molar-refractivity contribution is 7.92. The Labute approximate surface area is 149 Å². The van der Waals surface area contributed by atoms with Crippen LogP contribution in [-0.2, 0) is 14.8 Å². The van der Waals surface area contributed by atoms with Crippen molar-refractivity contribution >= 4 is 21.6 Å². The van der Waals surface area contributed by atoms with Gasteiger partial charge in [0.2, 0.25) is 10.0 Å². The van der Waals surface area contributed by atoms with Gasteiger partial charge in [0.1, 0.15) is 0 Å². The Morgan fingerprint density at radius 1 is 1.32 bits per heavy atom. The van der Waals surface area contributed by atoms with E-state index in [1.807, 2.05) is 0 Å². The number of para-hydroxylation sites is 1. The summed E-state index contributed by atoms with van der Waals surface area (Å²) in [7, 11) is -3.43. The Hall–Kier alpha value is -1.64. The quantitative estimate of drug-likeness (QED) is 0.675. The van der Waals surface area contributed by atoms with Crippen LogP contribution < -0.4 is 10.5 Å². The lowest BCUT2D eigenvalue weighted by Crippen LogP contribution is -2.41. The first-order valence-electron chi connectivity index (χ1n) is 8.67. The number of likely N-dealkylation sites (tertiary alicyclic amines) is 1. The van der Waals surface area contributed by atoms with Crippen LogP contribution in [0.3, 0.4) is 0 Å². The van der Waals surface area contributed by atoms with Gasteiger partial charge in [-0.2, -0.15) is 0 Å². The topological polar surface area (TPSA) is 102 Å². The normalized spacial score (nSPS) is 16.0. The Bertz CT molecular complexity index is 670. The number of amides is 1. The Balaban J connectivity index is 2.00. The molecule has 1 saturated heterocycles. The van der Waals surface area contributed by atoms with Crippen molar-refractivity contribution in [1.29, 1.82) is 0 Å². The molecule has 8 heteroatoms. The summed E-state index contributed by atoms with van der Waals surface area (Å²) in [5.74, 6) is -0.198. The van der Waals surface area contributed by atoms with Crippen LogP contribution in [0.25, 0.3) is 0 Å². The predicted molar refractivity (Wildman–Crippen MR) is 98.1 cm³/mol. The molecular weight excluding hydrogens is 342 g/mol. The summed E-state index contributed by atoms with van der Waals surface area (Å²) in [5.41, 5.74) is 6.16. The number of hydrogen-bond donors (Lipinski definition) is 2. The van der Waals surface area contributed by atoms with Gasteiger partial charge in [-0.3, -0.25) is 9.52 Å². The van der Waals surface area contributed by atoms with E-state index >= 15 is 0 Å². The molecule has 0 unspecified atom stereocenters. The summed E-state index contributed by atoms with van der Waals surface area (Å²) in [6.45, 7) is 4.02. The molecule has 0 bridgehead atoms. The summed E-state index contributed by atoms with van der Waals surface area (Å²) in [5, 5.41) is 0. The van der Waals surface area contributed by atoms with Gasteiger partial charge in [0.25, 0.3) is 5.91 Å². The third-order valence-corrected chi connectivity index (χ3v) is 5.53. The van der Waals surface area contributed by atoms with Gasteiger partial charge in [-0.1, -0.05) is 12.1 Å². The highest BCUT2D eigenvalue weighted by atomic mass is 32.2. The maximum absolute atomic E-state index is 12.8. The first-order valence-corrected chi connectivity index (χ1v) is 10.3. The van der Waals surface area contributed by atoms with Gasteiger partial charge < -0.3 is 15.4 Å². The number of carbonyl (C=O) groups excluding carboxylic acids is 1. The second-order valence-corrected chi connectivity index (χ2v) is 8.07. The highest BCUT2D eigenvalue weighted by Crippen LogP contribution is 2.22. The molecule has 1 fully saturated rings. The van der Waals surface area contributed by atoms with E-state index in [4.69, 9.17) is 10.5 Å². The van der Waals surface area contributed by atoms with E-state index in [2.05, 4.69) is 4.72 Å². The molecule has 1 amide bonds. The summed E-state index contributed by atoms with van der Waals surface area (Å²) in [6.07, 6.45) is 2.55. The van der Waals surface area contributed by atoms with Crippen molar-refractivity contribution in [3.63, 3.8) is 0 Å². The average Bonchev–Trinajstić information content (AvgIpc) is 2.62. The Kier molecular flexibility index (Phi) is 7.22. The summed E-state index contributed by atoms with van der Waals surface area (Å²) >= 11 is 0. The molecule has 1 aliphatic heterocycles. The van der Waals surface area contributed by atoms with E-state index in [0.717, 1.165) is 19.3 Å². The standard InChI is InChI=1S/C17H27N3O4S/c1-2-25(22,23)19-16-7-4-3-6-15(16)17(21)20-11-8-14(9-12-20)24-13-5-10-18/h3-4,6-7,14,19H,2,5,8-13,18H2,1H3. The number of nitrogens with two attached hydrogens (primary N) is 1. The maximum atomic E-state index is 12.8. The van der Waals surface area contributed by atoms with Gasteiger partial charge in [0.15, 0.2) is 0 Å². The zero-order valence-corrected chi connectivity index (χ0v) is 15.4. The van der Waals surface area contributed by atoms with Crippen molar-refractivity contribution in [3.8, 4) is 0 Å². The van der Waals surface area contributed by atoms with Crippen molar-refractivity contribution in [2.45, 2.75) is 32.3 Å². The number of nitrogens with zero attached hydrogens (tertiary/aromatic N) is 1. The third kappa shape index (κ3) is 5.69. The van der Waals surface area contributed by atoms with Crippen molar-refractivity contribution < 1.29 is 17.9 Å². The molecule has 0 aliphatic carbocycles. The van der Waals surface area contributed by atoms with Crippen LogP contribution in [0.2, 0.25) is 0 Å². The Morgan fingerprint density at radius 2 is 2.00 bits per heavy atom. The molecule has 1 aromatic carbocycles. The fourth-order valence-electron chi connectivity index (χ4n) is 2.73. The predicted octanol–water partition coefficient (Wildman–Crippen LogP) is 1.42. The zero-order chi connectivity index (χ0) is 18.3. The first kappa shape index (κ1) is 19.7. The molecule has 0 atom stereocenters. The zero-order valence-electron chi connectivity index (χ0n) is 14.6. The number of rotatable bonds is 8. The second-order valence-electron chi connectivity index (χ2n) is 6.06. The average molecular weight is 369 g/mol. The number of piperidine rings is 1. The van der Waals surface area contributed by atoms with Crippen molar-refractivity contribution in [2.24, 2.45) is 5.73 Å². The number of ether oxygens (including phenoxy) is 1.